The molecule has 146 valence electrons. The van der Waals surface area contributed by atoms with Gasteiger partial charge in [0.15, 0.2) is 0 Å². The molecule has 1 aromatic carbocycles. The third-order valence-corrected chi connectivity index (χ3v) is 4.07. The Balaban J connectivity index is 0.000000289. The van der Waals surface area contributed by atoms with Crippen LogP contribution in [0.15, 0.2) is 36.2 Å². The fraction of sp³-hybridized carbons (Fsp3) is 0.471. The monoisotopic (exact) mass is 367 g/mol. The molecule has 3 atom stereocenters. The Morgan fingerprint density at radius 3 is 2.81 bits per heavy atom. The van der Waals surface area contributed by atoms with Gasteiger partial charge in [0, 0.05) is 24.4 Å². The maximum atomic E-state index is 11.2. The molecule has 3 unspecified atom stereocenters. The van der Waals surface area contributed by atoms with Crippen LogP contribution in [-0.2, 0) is 4.74 Å². The van der Waals surface area contributed by atoms with Crippen LogP contribution in [0.25, 0.3) is 0 Å². The van der Waals surface area contributed by atoms with Crippen molar-refractivity contribution in [2.75, 3.05) is 19.8 Å². The number of hydrogen-bond acceptors (Lipinski definition) is 8. The average molecular weight is 367 g/mol. The molecule has 0 radical (unpaired) electrons. The highest BCUT2D eigenvalue weighted by molar-refractivity contribution is 5.94. The van der Waals surface area contributed by atoms with Crippen molar-refractivity contribution in [1.29, 1.82) is 0 Å². The van der Waals surface area contributed by atoms with Gasteiger partial charge in [-0.1, -0.05) is 13.0 Å². The minimum absolute atomic E-state index is 0.0382. The summed E-state index contributed by atoms with van der Waals surface area (Å²) in [6.45, 7) is 2.97. The summed E-state index contributed by atoms with van der Waals surface area (Å²) < 4.78 is 10.6. The highest BCUT2D eigenvalue weighted by atomic mass is 16.5. The Bertz CT molecular complexity index is 596. The SMILES string of the molecule is CC1C(N)CCOC1CO.N/C=C(\N)COc1cccc(C(=O)NN)c1. The molecule has 1 saturated heterocycles. The number of rotatable bonds is 5. The minimum atomic E-state index is -0.382. The summed E-state index contributed by atoms with van der Waals surface area (Å²) in [4.78, 5) is 11.2. The molecule has 26 heavy (non-hydrogen) atoms. The number of benzene rings is 1. The van der Waals surface area contributed by atoms with Crippen molar-refractivity contribution in [3.63, 3.8) is 0 Å². The van der Waals surface area contributed by atoms with Crippen LogP contribution >= 0.6 is 0 Å². The number of ether oxygens (including phenoxy) is 2. The van der Waals surface area contributed by atoms with E-state index in [1.165, 1.54) is 6.20 Å². The number of aliphatic hydroxyl groups is 1. The minimum Gasteiger partial charge on any atom is -0.487 e. The topological polar surface area (TPSA) is 172 Å². The first-order chi connectivity index (χ1) is 12.4. The van der Waals surface area contributed by atoms with Crippen LogP contribution in [0.2, 0.25) is 0 Å². The first-order valence-electron chi connectivity index (χ1n) is 8.31. The molecule has 1 heterocycles. The number of carbonyl (C=O) groups is 1. The summed E-state index contributed by atoms with van der Waals surface area (Å²) in [6.07, 6.45) is 2.14. The van der Waals surface area contributed by atoms with Gasteiger partial charge in [-0.05, 0) is 30.5 Å². The van der Waals surface area contributed by atoms with E-state index in [0.717, 1.165) is 6.42 Å². The van der Waals surface area contributed by atoms with Gasteiger partial charge >= 0.3 is 0 Å². The summed E-state index contributed by atoms with van der Waals surface area (Å²) in [5.41, 5.74) is 19.3. The standard InChI is InChI=1S/C10H14N4O2.C7H15NO2/c11-5-8(12)6-16-9-3-1-2-7(4-9)10(15)14-13;1-5-6(8)2-3-10-7(5)4-9/h1-5H,6,11-13H2,(H,14,15);5-7,9H,2-4,8H2,1H3/b8-5-;. The molecule has 0 aliphatic carbocycles. The summed E-state index contributed by atoms with van der Waals surface area (Å²) in [6, 6.07) is 6.77. The lowest BCUT2D eigenvalue weighted by atomic mass is 9.92. The molecule has 1 aromatic rings. The number of amides is 1. The van der Waals surface area contributed by atoms with Crippen molar-refractivity contribution in [2.45, 2.75) is 25.5 Å². The van der Waals surface area contributed by atoms with Gasteiger partial charge in [-0.3, -0.25) is 10.2 Å². The Hall–Kier alpha value is -2.33. The molecule has 1 amide bonds. The van der Waals surface area contributed by atoms with E-state index in [2.05, 4.69) is 0 Å². The van der Waals surface area contributed by atoms with Crippen LogP contribution in [0.1, 0.15) is 23.7 Å². The largest absolute Gasteiger partial charge is 0.487 e. The molecule has 0 saturated carbocycles. The third kappa shape index (κ3) is 6.89. The number of aliphatic hydroxyl groups excluding tert-OH is 1. The second kappa shape index (κ2) is 11.3. The molecule has 1 fully saturated rings. The Morgan fingerprint density at radius 2 is 2.23 bits per heavy atom. The maximum absolute atomic E-state index is 11.2. The lowest BCUT2D eigenvalue weighted by molar-refractivity contribution is -0.0575. The molecule has 9 nitrogen and oxygen atoms in total. The second-order valence-electron chi connectivity index (χ2n) is 5.94. The van der Waals surface area contributed by atoms with Crippen LogP contribution in [0.5, 0.6) is 5.75 Å². The van der Waals surface area contributed by atoms with Gasteiger partial charge in [-0.25, -0.2) is 5.84 Å². The van der Waals surface area contributed by atoms with Crippen molar-refractivity contribution < 1.29 is 19.4 Å². The van der Waals surface area contributed by atoms with Crippen LogP contribution in [-0.4, -0.2) is 43.0 Å². The molecule has 9 heteroatoms. The summed E-state index contributed by atoms with van der Waals surface area (Å²) in [7, 11) is 0. The lowest BCUT2D eigenvalue weighted by Gasteiger charge is -2.32. The van der Waals surface area contributed by atoms with Crippen molar-refractivity contribution in [2.24, 2.45) is 29.0 Å². The molecular weight excluding hydrogens is 338 g/mol. The van der Waals surface area contributed by atoms with Crippen LogP contribution in [0.4, 0.5) is 0 Å². The van der Waals surface area contributed by atoms with Crippen molar-refractivity contribution >= 4 is 5.91 Å². The fourth-order valence-electron chi connectivity index (χ4n) is 2.29. The highest BCUT2D eigenvalue weighted by Crippen LogP contribution is 2.18. The van der Waals surface area contributed by atoms with Gasteiger partial charge in [0.1, 0.15) is 12.4 Å². The molecule has 0 aromatic heterocycles. The number of nitrogens with one attached hydrogen (secondary N) is 1. The van der Waals surface area contributed by atoms with Gasteiger partial charge in [0.05, 0.1) is 18.4 Å². The number of carbonyl (C=O) groups excluding carboxylic acids is 1. The summed E-state index contributed by atoms with van der Waals surface area (Å²) in [5.74, 6) is 5.44. The summed E-state index contributed by atoms with van der Waals surface area (Å²) >= 11 is 0. The number of hydrogen-bond donors (Lipinski definition) is 6. The molecule has 0 bridgehead atoms. The Labute approximate surface area is 153 Å². The van der Waals surface area contributed by atoms with Gasteiger partial charge in [0.2, 0.25) is 0 Å². The third-order valence-electron chi connectivity index (χ3n) is 4.07. The van der Waals surface area contributed by atoms with E-state index in [1.807, 2.05) is 12.3 Å². The number of nitrogen functional groups attached to an aromatic ring is 1. The number of hydrazine groups is 1. The van der Waals surface area contributed by atoms with Gasteiger partial charge in [-0.2, -0.15) is 0 Å². The van der Waals surface area contributed by atoms with Crippen LogP contribution < -0.4 is 33.2 Å². The first-order valence-corrected chi connectivity index (χ1v) is 8.31. The quantitative estimate of drug-likeness (QED) is 0.222. The predicted molar refractivity (Wildman–Crippen MR) is 98.6 cm³/mol. The smallest absolute Gasteiger partial charge is 0.265 e. The van der Waals surface area contributed by atoms with E-state index < -0.39 is 0 Å². The van der Waals surface area contributed by atoms with Crippen molar-refractivity contribution in [3.8, 4) is 5.75 Å². The van der Waals surface area contributed by atoms with Crippen molar-refractivity contribution in [1.82, 2.24) is 5.43 Å². The highest BCUT2D eigenvalue weighted by Gasteiger charge is 2.27. The zero-order chi connectivity index (χ0) is 19.5. The molecular formula is C17H29N5O4. The summed E-state index contributed by atoms with van der Waals surface area (Å²) in [5, 5.41) is 8.80. The maximum Gasteiger partial charge on any atom is 0.265 e. The van der Waals surface area contributed by atoms with E-state index in [9.17, 15) is 4.79 Å². The average Bonchev–Trinajstić information content (AvgIpc) is 2.68. The van der Waals surface area contributed by atoms with E-state index >= 15 is 0 Å². The predicted octanol–water partition coefficient (Wildman–Crippen LogP) is -0.841. The van der Waals surface area contributed by atoms with Gasteiger partial charge in [0.25, 0.3) is 5.91 Å². The van der Waals surface area contributed by atoms with E-state index in [4.69, 9.17) is 37.6 Å². The molecule has 1 aliphatic rings. The van der Waals surface area contributed by atoms with Gasteiger partial charge < -0.3 is 31.8 Å². The van der Waals surface area contributed by atoms with E-state index in [0.29, 0.717) is 29.5 Å². The molecule has 1 aliphatic heterocycles. The Kier molecular flexibility index (Phi) is 9.45. The fourth-order valence-corrected chi connectivity index (χ4v) is 2.29. The normalized spacial score (nSPS) is 22.8. The van der Waals surface area contributed by atoms with Gasteiger partial charge in [-0.15, -0.1) is 0 Å². The molecule has 2 rings (SSSR count). The van der Waals surface area contributed by atoms with Crippen LogP contribution in [0.3, 0.4) is 0 Å². The van der Waals surface area contributed by atoms with Crippen molar-refractivity contribution in [3.05, 3.63) is 41.7 Å². The van der Waals surface area contributed by atoms with E-state index in [1.54, 1.807) is 24.3 Å². The first kappa shape index (κ1) is 21.7. The zero-order valence-corrected chi connectivity index (χ0v) is 14.9. The molecule has 0 spiro atoms. The Morgan fingerprint density at radius 1 is 1.50 bits per heavy atom. The van der Waals surface area contributed by atoms with Crippen LogP contribution in [0, 0.1) is 5.92 Å². The zero-order valence-electron chi connectivity index (χ0n) is 14.9. The molecule has 10 N–H and O–H groups in total. The van der Waals surface area contributed by atoms with E-state index in [-0.39, 0.29) is 31.3 Å². The number of nitrogens with two attached hydrogens (primary N) is 4. The lowest BCUT2D eigenvalue weighted by Crippen LogP contribution is -2.44. The second-order valence-corrected chi connectivity index (χ2v) is 5.94.